The third kappa shape index (κ3) is 2.34. The van der Waals surface area contributed by atoms with Gasteiger partial charge in [-0.25, -0.2) is 8.78 Å². The highest BCUT2D eigenvalue weighted by Gasteiger charge is 2.44. The Labute approximate surface area is 111 Å². The van der Waals surface area contributed by atoms with Crippen molar-refractivity contribution in [2.75, 3.05) is 20.7 Å². The molecule has 0 atom stereocenters. The van der Waals surface area contributed by atoms with Crippen molar-refractivity contribution in [3.8, 4) is 5.75 Å². The highest BCUT2D eigenvalue weighted by molar-refractivity contribution is 6.01. The van der Waals surface area contributed by atoms with E-state index >= 15 is 0 Å². The summed E-state index contributed by atoms with van der Waals surface area (Å²) < 4.78 is 32.2. The summed E-state index contributed by atoms with van der Waals surface area (Å²) in [5, 5.41) is 2.96. The molecule has 0 bridgehead atoms. The summed E-state index contributed by atoms with van der Waals surface area (Å²) in [5.41, 5.74) is -0.773. The Hall–Kier alpha value is -1.49. The van der Waals surface area contributed by atoms with Gasteiger partial charge in [-0.2, -0.15) is 0 Å². The maximum absolute atomic E-state index is 13.9. The van der Waals surface area contributed by atoms with Crippen LogP contribution >= 0.6 is 0 Å². The van der Waals surface area contributed by atoms with Gasteiger partial charge in [0.2, 0.25) is 0 Å². The first-order valence-corrected chi connectivity index (χ1v) is 6.26. The van der Waals surface area contributed by atoms with E-state index in [4.69, 9.17) is 4.74 Å². The number of rotatable bonds is 5. The van der Waals surface area contributed by atoms with Crippen molar-refractivity contribution >= 4 is 5.78 Å². The number of methoxy groups -OCH3 is 1. The summed E-state index contributed by atoms with van der Waals surface area (Å²) in [6, 6.07) is 1.86. The molecule has 0 saturated heterocycles. The van der Waals surface area contributed by atoms with Crippen LogP contribution in [-0.4, -0.2) is 26.5 Å². The molecule has 0 spiro atoms. The van der Waals surface area contributed by atoms with Gasteiger partial charge in [0.05, 0.1) is 12.7 Å². The van der Waals surface area contributed by atoms with Crippen LogP contribution in [0.4, 0.5) is 8.78 Å². The van der Waals surface area contributed by atoms with Crippen LogP contribution in [0.2, 0.25) is 0 Å². The number of Topliss-reactive ketones (excluding diaryl/α,β-unsaturated/α-hetero) is 1. The fourth-order valence-electron chi connectivity index (χ4n) is 2.57. The van der Waals surface area contributed by atoms with E-state index in [1.54, 1.807) is 7.05 Å². The van der Waals surface area contributed by atoms with Crippen molar-refractivity contribution in [3.05, 3.63) is 29.3 Å². The smallest absolute Gasteiger partial charge is 0.173 e. The summed E-state index contributed by atoms with van der Waals surface area (Å²) in [6.07, 6.45) is 2.35. The van der Waals surface area contributed by atoms with Gasteiger partial charge in [0.1, 0.15) is 5.82 Å². The fourth-order valence-corrected chi connectivity index (χ4v) is 2.57. The van der Waals surface area contributed by atoms with Gasteiger partial charge in [0.25, 0.3) is 0 Å². The Bertz CT molecular complexity index is 498. The normalized spacial score (nSPS) is 16.8. The van der Waals surface area contributed by atoms with Gasteiger partial charge in [-0.15, -0.1) is 0 Å². The summed E-state index contributed by atoms with van der Waals surface area (Å²) >= 11 is 0. The lowest BCUT2D eigenvalue weighted by molar-refractivity contribution is 0.0609. The van der Waals surface area contributed by atoms with E-state index in [0.29, 0.717) is 19.4 Å². The molecule has 1 aromatic carbocycles. The van der Waals surface area contributed by atoms with Gasteiger partial charge in [-0.05, 0) is 26.0 Å². The van der Waals surface area contributed by atoms with Crippen LogP contribution in [-0.2, 0) is 0 Å². The first kappa shape index (κ1) is 13.9. The summed E-state index contributed by atoms with van der Waals surface area (Å²) in [6.45, 7) is 0.485. The Morgan fingerprint density at radius 1 is 1.37 bits per heavy atom. The number of hydrogen-bond donors (Lipinski definition) is 1. The maximum atomic E-state index is 13.9. The number of carbonyl (C=O) groups excluding carboxylic acids is 1. The predicted molar refractivity (Wildman–Crippen MR) is 67.5 cm³/mol. The fraction of sp³-hybridized carbons (Fsp3) is 0.500. The van der Waals surface area contributed by atoms with Gasteiger partial charge in [-0.3, -0.25) is 4.79 Å². The average Bonchev–Trinajstić information content (AvgIpc) is 2.35. The molecule has 0 amide bonds. The van der Waals surface area contributed by atoms with Crippen LogP contribution in [0.15, 0.2) is 12.1 Å². The molecule has 0 aromatic heterocycles. The molecule has 1 aliphatic rings. The van der Waals surface area contributed by atoms with Crippen molar-refractivity contribution in [3.63, 3.8) is 0 Å². The van der Waals surface area contributed by atoms with Crippen LogP contribution in [0.1, 0.15) is 29.6 Å². The third-order valence-corrected chi connectivity index (χ3v) is 3.79. The number of nitrogens with one attached hydrogen (secondary N) is 1. The summed E-state index contributed by atoms with van der Waals surface area (Å²) in [7, 11) is 3.01. The zero-order valence-electron chi connectivity index (χ0n) is 11.1. The maximum Gasteiger partial charge on any atom is 0.173 e. The predicted octanol–water partition coefficient (Wildman–Crippen LogP) is 2.55. The van der Waals surface area contributed by atoms with E-state index in [1.165, 1.54) is 7.11 Å². The first-order chi connectivity index (χ1) is 9.04. The number of carbonyl (C=O) groups is 1. The molecule has 104 valence electrons. The second-order valence-corrected chi connectivity index (χ2v) is 4.96. The van der Waals surface area contributed by atoms with E-state index in [2.05, 4.69) is 5.32 Å². The minimum absolute atomic E-state index is 0.187. The standard InChI is InChI=1S/C14H17F2NO2/c1-17-8-14(4-3-5-14)13(18)9-6-11(16)12(19-2)7-10(9)15/h6-7,17H,3-5,8H2,1-2H3. The number of ether oxygens (including phenoxy) is 1. The second kappa shape index (κ2) is 5.25. The first-order valence-electron chi connectivity index (χ1n) is 6.26. The molecule has 5 heteroatoms. The molecule has 19 heavy (non-hydrogen) atoms. The monoisotopic (exact) mass is 269 g/mol. The topological polar surface area (TPSA) is 38.3 Å². The highest BCUT2D eigenvalue weighted by Crippen LogP contribution is 2.43. The van der Waals surface area contributed by atoms with E-state index in [9.17, 15) is 13.6 Å². The Morgan fingerprint density at radius 3 is 2.53 bits per heavy atom. The van der Waals surface area contributed by atoms with Crippen molar-refractivity contribution < 1.29 is 18.3 Å². The van der Waals surface area contributed by atoms with E-state index in [-0.39, 0.29) is 17.1 Å². The van der Waals surface area contributed by atoms with Gasteiger partial charge >= 0.3 is 0 Å². The number of hydrogen-bond acceptors (Lipinski definition) is 3. The van der Waals surface area contributed by atoms with Crippen LogP contribution in [0.3, 0.4) is 0 Å². The third-order valence-electron chi connectivity index (χ3n) is 3.79. The molecular formula is C14H17F2NO2. The summed E-state index contributed by atoms with van der Waals surface area (Å²) in [5.74, 6) is -1.96. The number of benzene rings is 1. The number of halogens is 2. The lowest BCUT2D eigenvalue weighted by atomic mass is 9.64. The summed E-state index contributed by atoms with van der Waals surface area (Å²) in [4.78, 5) is 12.4. The molecule has 2 rings (SSSR count). The van der Waals surface area contributed by atoms with Gasteiger partial charge in [0, 0.05) is 18.0 Å². The van der Waals surface area contributed by atoms with Crippen molar-refractivity contribution in [1.29, 1.82) is 0 Å². The molecule has 1 fully saturated rings. The van der Waals surface area contributed by atoms with Crippen molar-refractivity contribution in [2.45, 2.75) is 19.3 Å². The lowest BCUT2D eigenvalue weighted by Crippen LogP contribution is -2.45. The van der Waals surface area contributed by atoms with Gasteiger partial charge < -0.3 is 10.1 Å². The largest absolute Gasteiger partial charge is 0.494 e. The van der Waals surface area contributed by atoms with E-state index in [1.807, 2.05) is 0 Å². The van der Waals surface area contributed by atoms with Crippen LogP contribution < -0.4 is 10.1 Å². The minimum Gasteiger partial charge on any atom is -0.494 e. The molecular weight excluding hydrogens is 252 g/mol. The zero-order valence-corrected chi connectivity index (χ0v) is 11.1. The van der Waals surface area contributed by atoms with E-state index in [0.717, 1.165) is 18.6 Å². The quantitative estimate of drug-likeness (QED) is 0.835. The van der Waals surface area contributed by atoms with Gasteiger partial charge in [-0.1, -0.05) is 6.42 Å². The Balaban J connectivity index is 2.36. The second-order valence-electron chi connectivity index (χ2n) is 4.96. The molecule has 0 heterocycles. The molecule has 3 nitrogen and oxygen atoms in total. The van der Waals surface area contributed by atoms with Crippen molar-refractivity contribution in [2.24, 2.45) is 5.41 Å². The zero-order chi connectivity index (χ0) is 14.0. The average molecular weight is 269 g/mol. The molecule has 1 aliphatic carbocycles. The van der Waals surface area contributed by atoms with Gasteiger partial charge in [0.15, 0.2) is 17.3 Å². The highest BCUT2D eigenvalue weighted by atomic mass is 19.1. The number of ketones is 1. The molecule has 1 aromatic rings. The van der Waals surface area contributed by atoms with Crippen LogP contribution in [0.25, 0.3) is 0 Å². The molecule has 0 radical (unpaired) electrons. The lowest BCUT2D eigenvalue weighted by Gasteiger charge is -2.40. The van der Waals surface area contributed by atoms with Crippen LogP contribution in [0.5, 0.6) is 5.75 Å². The molecule has 0 aliphatic heterocycles. The Morgan fingerprint density at radius 2 is 2.05 bits per heavy atom. The Kier molecular flexibility index (Phi) is 3.85. The van der Waals surface area contributed by atoms with Crippen LogP contribution in [0, 0.1) is 17.0 Å². The molecule has 1 saturated carbocycles. The minimum atomic E-state index is -0.731. The molecule has 1 N–H and O–H groups in total. The van der Waals surface area contributed by atoms with E-state index < -0.39 is 17.0 Å². The SMILES string of the molecule is CNCC1(C(=O)c2cc(F)c(OC)cc2F)CCC1. The van der Waals surface area contributed by atoms with Crippen molar-refractivity contribution in [1.82, 2.24) is 5.32 Å². The molecule has 0 unspecified atom stereocenters.